The molecule has 0 aliphatic carbocycles. The van der Waals surface area contributed by atoms with Gasteiger partial charge in [0.25, 0.3) is 0 Å². The fraction of sp³-hybridized carbons (Fsp3) is 0. The number of rotatable bonds is 3. The van der Waals surface area contributed by atoms with Crippen molar-refractivity contribution in [1.29, 1.82) is 0 Å². The average molecular weight is 284 g/mol. The van der Waals surface area contributed by atoms with Gasteiger partial charge in [0.2, 0.25) is 0 Å². The normalized spacial score (nSPS) is 10.4. The summed E-state index contributed by atoms with van der Waals surface area (Å²) in [6.07, 6.45) is 0. The van der Waals surface area contributed by atoms with E-state index in [0.717, 1.165) is 22.1 Å². The molecule has 3 rings (SSSR count). The fourth-order valence-electron chi connectivity index (χ4n) is 1.79. The molecule has 0 spiro atoms. The summed E-state index contributed by atoms with van der Waals surface area (Å²) in [6, 6.07) is 14.5. The summed E-state index contributed by atoms with van der Waals surface area (Å²) >= 11 is 1.48. The van der Waals surface area contributed by atoms with Crippen LogP contribution in [0.4, 0.5) is 10.8 Å². The van der Waals surface area contributed by atoms with E-state index in [1.54, 1.807) is 6.07 Å². The van der Waals surface area contributed by atoms with Crippen LogP contribution in [0.1, 0.15) is 0 Å². The monoisotopic (exact) mass is 284 g/mol. The zero-order valence-corrected chi connectivity index (χ0v) is 11.3. The molecule has 2 aromatic carbocycles. The Bertz CT molecular complexity index is 726. The maximum Gasteiger partial charge on any atom is 0.187 e. The van der Waals surface area contributed by atoms with Crippen molar-refractivity contribution in [3.63, 3.8) is 0 Å². The van der Waals surface area contributed by atoms with Gasteiger partial charge in [-0.05, 0) is 30.3 Å². The molecule has 0 radical (unpaired) electrons. The van der Waals surface area contributed by atoms with Gasteiger partial charge in [0.1, 0.15) is 0 Å². The van der Waals surface area contributed by atoms with E-state index < -0.39 is 0 Å². The SMILES string of the molecule is Oc1ccc(-c2csc(Nc3ccccc3)n2)cc1O. The highest BCUT2D eigenvalue weighted by Gasteiger charge is 2.07. The molecule has 0 fully saturated rings. The number of phenols is 2. The Morgan fingerprint density at radius 3 is 2.50 bits per heavy atom. The molecule has 0 saturated carbocycles. The predicted octanol–water partition coefficient (Wildman–Crippen LogP) is 3.96. The van der Waals surface area contributed by atoms with E-state index in [9.17, 15) is 10.2 Å². The first-order valence-electron chi connectivity index (χ1n) is 6.02. The molecule has 0 aliphatic heterocycles. The van der Waals surface area contributed by atoms with Gasteiger partial charge in [-0.25, -0.2) is 4.98 Å². The topological polar surface area (TPSA) is 65.4 Å². The lowest BCUT2D eigenvalue weighted by Crippen LogP contribution is -1.88. The van der Waals surface area contributed by atoms with Crippen molar-refractivity contribution in [2.45, 2.75) is 0 Å². The quantitative estimate of drug-likeness (QED) is 0.637. The number of benzene rings is 2. The Morgan fingerprint density at radius 1 is 0.950 bits per heavy atom. The van der Waals surface area contributed by atoms with Gasteiger partial charge in [-0.15, -0.1) is 11.3 Å². The molecular weight excluding hydrogens is 272 g/mol. The van der Waals surface area contributed by atoms with Crippen LogP contribution in [0.2, 0.25) is 0 Å². The summed E-state index contributed by atoms with van der Waals surface area (Å²) in [5.41, 5.74) is 2.49. The molecule has 0 saturated heterocycles. The van der Waals surface area contributed by atoms with Crippen LogP contribution in [0, 0.1) is 0 Å². The van der Waals surface area contributed by atoms with Gasteiger partial charge >= 0.3 is 0 Å². The number of thiazole rings is 1. The molecule has 4 nitrogen and oxygen atoms in total. The number of anilines is 2. The summed E-state index contributed by atoms with van der Waals surface area (Å²) < 4.78 is 0. The van der Waals surface area contributed by atoms with Crippen molar-refractivity contribution in [3.8, 4) is 22.8 Å². The third kappa shape index (κ3) is 2.57. The van der Waals surface area contributed by atoms with Crippen LogP contribution < -0.4 is 5.32 Å². The van der Waals surface area contributed by atoms with Crippen molar-refractivity contribution < 1.29 is 10.2 Å². The van der Waals surface area contributed by atoms with Crippen molar-refractivity contribution in [1.82, 2.24) is 4.98 Å². The van der Waals surface area contributed by atoms with Gasteiger partial charge in [0, 0.05) is 16.6 Å². The van der Waals surface area contributed by atoms with Crippen LogP contribution in [0.15, 0.2) is 53.9 Å². The average Bonchev–Trinajstić information content (AvgIpc) is 2.91. The van der Waals surface area contributed by atoms with Crippen LogP contribution >= 0.6 is 11.3 Å². The number of hydrogen-bond acceptors (Lipinski definition) is 5. The molecule has 5 heteroatoms. The fourth-order valence-corrected chi connectivity index (χ4v) is 2.53. The molecule has 0 amide bonds. The molecule has 1 heterocycles. The van der Waals surface area contributed by atoms with Gasteiger partial charge in [-0.3, -0.25) is 0 Å². The van der Waals surface area contributed by atoms with Gasteiger partial charge in [0.15, 0.2) is 16.6 Å². The van der Waals surface area contributed by atoms with E-state index in [1.165, 1.54) is 23.5 Å². The second-order valence-electron chi connectivity index (χ2n) is 4.23. The number of nitrogens with zero attached hydrogens (tertiary/aromatic N) is 1. The summed E-state index contributed by atoms with van der Waals surface area (Å²) in [4.78, 5) is 4.46. The first-order valence-corrected chi connectivity index (χ1v) is 6.90. The predicted molar refractivity (Wildman–Crippen MR) is 80.6 cm³/mol. The smallest absolute Gasteiger partial charge is 0.187 e. The number of para-hydroxylation sites is 1. The molecule has 0 aliphatic rings. The highest BCUT2D eigenvalue weighted by Crippen LogP contribution is 2.32. The van der Waals surface area contributed by atoms with Gasteiger partial charge in [-0.1, -0.05) is 18.2 Å². The molecule has 3 aromatic rings. The standard InChI is InChI=1S/C15H12N2O2S/c18-13-7-6-10(8-14(13)19)12-9-20-15(17-12)16-11-4-2-1-3-5-11/h1-9,18-19H,(H,16,17). The van der Waals surface area contributed by atoms with E-state index in [4.69, 9.17) is 0 Å². The zero-order chi connectivity index (χ0) is 13.9. The minimum atomic E-state index is -0.145. The zero-order valence-electron chi connectivity index (χ0n) is 10.4. The van der Waals surface area contributed by atoms with Crippen LogP contribution in [-0.4, -0.2) is 15.2 Å². The van der Waals surface area contributed by atoms with Crippen molar-refractivity contribution >= 4 is 22.2 Å². The minimum absolute atomic E-state index is 0.133. The molecule has 0 bridgehead atoms. The van der Waals surface area contributed by atoms with E-state index in [2.05, 4.69) is 10.3 Å². The lowest BCUT2D eigenvalue weighted by molar-refractivity contribution is 0.404. The Labute approximate surface area is 120 Å². The summed E-state index contributed by atoms with van der Waals surface area (Å²) in [7, 11) is 0. The van der Waals surface area contributed by atoms with Crippen LogP contribution in [0.5, 0.6) is 11.5 Å². The second-order valence-corrected chi connectivity index (χ2v) is 5.09. The number of nitrogens with one attached hydrogen (secondary N) is 1. The second kappa shape index (κ2) is 5.22. The molecule has 20 heavy (non-hydrogen) atoms. The number of hydrogen-bond donors (Lipinski definition) is 3. The van der Waals surface area contributed by atoms with E-state index >= 15 is 0 Å². The number of aromatic nitrogens is 1. The molecule has 100 valence electrons. The van der Waals surface area contributed by atoms with Gasteiger partial charge in [-0.2, -0.15) is 0 Å². The third-order valence-electron chi connectivity index (χ3n) is 2.80. The maximum atomic E-state index is 9.51. The van der Waals surface area contributed by atoms with E-state index in [0.29, 0.717) is 0 Å². The molecule has 3 N–H and O–H groups in total. The van der Waals surface area contributed by atoms with Gasteiger partial charge in [0.05, 0.1) is 5.69 Å². The molecule has 0 unspecified atom stereocenters. The summed E-state index contributed by atoms with van der Waals surface area (Å²) in [5.74, 6) is -0.278. The third-order valence-corrected chi connectivity index (χ3v) is 3.56. The highest BCUT2D eigenvalue weighted by molar-refractivity contribution is 7.14. The van der Waals surface area contributed by atoms with Gasteiger partial charge < -0.3 is 15.5 Å². The van der Waals surface area contributed by atoms with Crippen LogP contribution in [0.3, 0.4) is 0 Å². The highest BCUT2D eigenvalue weighted by atomic mass is 32.1. The lowest BCUT2D eigenvalue weighted by atomic mass is 10.1. The van der Waals surface area contributed by atoms with Crippen molar-refractivity contribution in [2.75, 3.05) is 5.32 Å². The van der Waals surface area contributed by atoms with Crippen LogP contribution in [0.25, 0.3) is 11.3 Å². The number of aromatic hydroxyl groups is 2. The molecular formula is C15H12N2O2S. The first-order chi connectivity index (χ1) is 9.72. The molecule has 1 aromatic heterocycles. The minimum Gasteiger partial charge on any atom is -0.504 e. The van der Waals surface area contributed by atoms with Crippen molar-refractivity contribution in [2.24, 2.45) is 0 Å². The number of phenolic OH excluding ortho intramolecular Hbond substituents is 2. The Hall–Kier alpha value is -2.53. The Morgan fingerprint density at radius 2 is 1.75 bits per heavy atom. The summed E-state index contributed by atoms with van der Waals surface area (Å²) in [5, 5.41) is 24.7. The maximum absolute atomic E-state index is 9.51. The molecule has 0 atom stereocenters. The van der Waals surface area contributed by atoms with E-state index in [1.807, 2.05) is 35.7 Å². The Balaban J connectivity index is 1.84. The lowest BCUT2D eigenvalue weighted by Gasteiger charge is -2.02. The van der Waals surface area contributed by atoms with Crippen LogP contribution in [-0.2, 0) is 0 Å². The Kier molecular flexibility index (Phi) is 3.26. The van der Waals surface area contributed by atoms with Crippen molar-refractivity contribution in [3.05, 3.63) is 53.9 Å². The first kappa shape index (κ1) is 12.5. The summed E-state index contributed by atoms with van der Waals surface area (Å²) in [6.45, 7) is 0. The largest absolute Gasteiger partial charge is 0.504 e. The van der Waals surface area contributed by atoms with E-state index in [-0.39, 0.29) is 11.5 Å².